The second-order valence-electron chi connectivity index (χ2n) is 5.98. The Kier molecular flexibility index (Phi) is 4.72. The molecule has 2 aromatic rings. The first-order valence-electron chi connectivity index (χ1n) is 7.68. The minimum absolute atomic E-state index is 0.306. The van der Waals surface area contributed by atoms with E-state index in [4.69, 9.17) is 11.6 Å². The molecule has 1 aliphatic carbocycles. The van der Waals surface area contributed by atoms with Crippen LogP contribution in [0.1, 0.15) is 12.0 Å². The van der Waals surface area contributed by atoms with Crippen molar-refractivity contribution >= 4 is 34.8 Å². The largest absolute Gasteiger partial charge is 0.326 e. The monoisotopic (exact) mass is 364 g/mol. The molecule has 2 unspecified atom stereocenters. The summed E-state index contributed by atoms with van der Waals surface area (Å²) >= 11 is 5.87. The summed E-state index contributed by atoms with van der Waals surface area (Å²) in [5.41, 5.74) is 0.920. The Hall–Kier alpha value is -2.47. The van der Waals surface area contributed by atoms with Crippen LogP contribution in [-0.2, 0) is 9.59 Å². The van der Waals surface area contributed by atoms with Crippen molar-refractivity contribution in [2.24, 2.45) is 11.8 Å². The van der Waals surface area contributed by atoms with Gasteiger partial charge in [-0.15, -0.1) is 0 Å². The number of hydrogen-bond acceptors (Lipinski definition) is 2. The molecule has 0 spiro atoms. The Morgan fingerprint density at radius 3 is 2.24 bits per heavy atom. The van der Waals surface area contributed by atoms with E-state index in [9.17, 15) is 18.4 Å². The van der Waals surface area contributed by atoms with Crippen LogP contribution < -0.4 is 10.6 Å². The number of carbonyl (C=O) groups excluding carboxylic acids is 2. The average molecular weight is 365 g/mol. The third-order valence-corrected chi connectivity index (χ3v) is 4.36. The van der Waals surface area contributed by atoms with Gasteiger partial charge in [-0.05, 0) is 49.2 Å². The molecule has 2 atom stereocenters. The quantitative estimate of drug-likeness (QED) is 0.856. The lowest BCUT2D eigenvalue weighted by atomic mass is 10.2. The molecule has 0 aliphatic heterocycles. The van der Waals surface area contributed by atoms with Crippen molar-refractivity contribution in [2.75, 3.05) is 10.6 Å². The fraction of sp³-hybridized carbons (Fsp3) is 0.222. The second-order valence-corrected chi connectivity index (χ2v) is 6.42. The van der Waals surface area contributed by atoms with E-state index in [0.717, 1.165) is 17.7 Å². The first-order chi connectivity index (χ1) is 11.9. The lowest BCUT2D eigenvalue weighted by Crippen LogP contribution is -2.21. The number of para-hydroxylation sites is 1. The van der Waals surface area contributed by atoms with E-state index in [0.29, 0.717) is 17.1 Å². The summed E-state index contributed by atoms with van der Waals surface area (Å²) in [4.78, 5) is 24.4. The predicted molar refractivity (Wildman–Crippen MR) is 91.4 cm³/mol. The maximum atomic E-state index is 13.6. The first-order valence-corrected chi connectivity index (χ1v) is 8.06. The zero-order valence-corrected chi connectivity index (χ0v) is 14.0. The molecule has 0 saturated heterocycles. The predicted octanol–water partition coefficient (Wildman–Crippen LogP) is 4.14. The van der Waals surface area contributed by atoms with Gasteiger partial charge in [-0.25, -0.2) is 8.78 Å². The van der Waals surface area contributed by atoms with Crippen LogP contribution in [0.5, 0.6) is 0 Å². The molecule has 0 radical (unpaired) electrons. The molecule has 0 aromatic heterocycles. The average Bonchev–Trinajstić information content (AvgIpc) is 3.34. The van der Waals surface area contributed by atoms with Crippen molar-refractivity contribution in [3.8, 4) is 0 Å². The number of amides is 2. The van der Waals surface area contributed by atoms with E-state index in [-0.39, 0.29) is 5.91 Å². The smallest absolute Gasteiger partial charge is 0.228 e. The Morgan fingerprint density at radius 2 is 1.64 bits per heavy atom. The molecule has 7 heteroatoms. The van der Waals surface area contributed by atoms with Gasteiger partial charge < -0.3 is 10.6 Å². The Labute approximate surface area is 148 Å². The Bertz CT molecular complexity index is 837. The number of carbonyl (C=O) groups is 2. The third kappa shape index (κ3) is 3.79. The molecular weight excluding hydrogens is 350 g/mol. The van der Waals surface area contributed by atoms with Gasteiger partial charge in [0, 0.05) is 10.7 Å². The van der Waals surface area contributed by atoms with Crippen molar-refractivity contribution in [3.05, 3.63) is 58.6 Å². The number of hydrogen-bond donors (Lipinski definition) is 2. The molecule has 3 rings (SSSR count). The molecule has 4 nitrogen and oxygen atoms in total. The Balaban J connectivity index is 1.62. The molecule has 0 bridgehead atoms. The standard InChI is InChI=1S/C18H15ClF2N2O2/c1-9-7-10(19)5-6-15(9)22-17(24)11-8-12(11)18(25)23-16-13(20)3-2-4-14(16)21/h2-7,11-12H,8H2,1H3,(H,22,24)(H,23,25). The number of rotatable bonds is 4. The molecule has 2 aromatic carbocycles. The highest BCUT2D eigenvalue weighted by Gasteiger charge is 2.48. The minimum atomic E-state index is -0.855. The van der Waals surface area contributed by atoms with Gasteiger partial charge in [-0.1, -0.05) is 17.7 Å². The van der Waals surface area contributed by atoms with E-state index in [1.165, 1.54) is 6.07 Å². The van der Waals surface area contributed by atoms with Gasteiger partial charge in [0.05, 0.1) is 11.8 Å². The number of anilines is 2. The van der Waals surface area contributed by atoms with E-state index in [2.05, 4.69) is 10.6 Å². The highest BCUT2D eigenvalue weighted by molar-refractivity contribution is 6.30. The highest BCUT2D eigenvalue weighted by atomic mass is 35.5. The van der Waals surface area contributed by atoms with Crippen LogP contribution in [0.3, 0.4) is 0 Å². The summed E-state index contributed by atoms with van der Waals surface area (Å²) in [7, 11) is 0. The van der Waals surface area contributed by atoms with Gasteiger partial charge >= 0.3 is 0 Å². The van der Waals surface area contributed by atoms with Crippen LogP contribution in [0.25, 0.3) is 0 Å². The summed E-state index contributed by atoms with van der Waals surface area (Å²) in [6, 6.07) is 8.37. The van der Waals surface area contributed by atoms with Gasteiger partial charge in [0.25, 0.3) is 0 Å². The summed E-state index contributed by atoms with van der Waals surface area (Å²) in [5, 5.41) is 5.53. The van der Waals surface area contributed by atoms with Crippen molar-refractivity contribution in [1.29, 1.82) is 0 Å². The maximum absolute atomic E-state index is 13.6. The SMILES string of the molecule is Cc1cc(Cl)ccc1NC(=O)C1CC1C(=O)Nc1c(F)cccc1F. The van der Waals surface area contributed by atoms with Crippen molar-refractivity contribution in [2.45, 2.75) is 13.3 Å². The van der Waals surface area contributed by atoms with Gasteiger partial charge in [0.15, 0.2) is 0 Å². The lowest BCUT2D eigenvalue weighted by molar-refractivity contribution is -0.122. The zero-order chi connectivity index (χ0) is 18.1. The molecule has 0 heterocycles. The fourth-order valence-corrected chi connectivity index (χ4v) is 2.83. The molecular formula is C18H15ClF2N2O2. The van der Waals surface area contributed by atoms with Crippen molar-refractivity contribution < 1.29 is 18.4 Å². The van der Waals surface area contributed by atoms with Crippen molar-refractivity contribution in [3.63, 3.8) is 0 Å². The molecule has 1 saturated carbocycles. The van der Waals surface area contributed by atoms with Crippen LogP contribution in [0.15, 0.2) is 36.4 Å². The normalized spacial score (nSPS) is 18.6. The second kappa shape index (κ2) is 6.80. The molecule has 2 amide bonds. The minimum Gasteiger partial charge on any atom is -0.326 e. The number of nitrogens with one attached hydrogen (secondary N) is 2. The van der Waals surface area contributed by atoms with E-state index in [1.54, 1.807) is 25.1 Å². The molecule has 1 fully saturated rings. The molecule has 1 aliphatic rings. The van der Waals surface area contributed by atoms with Gasteiger partial charge in [0.2, 0.25) is 11.8 Å². The molecule has 2 N–H and O–H groups in total. The van der Waals surface area contributed by atoms with Crippen LogP contribution in [-0.4, -0.2) is 11.8 Å². The van der Waals surface area contributed by atoms with Crippen LogP contribution in [0, 0.1) is 30.4 Å². The zero-order valence-electron chi connectivity index (χ0n) is 13.3. The summed E-state index contributed by atoms with van der Waals surface area (Å²) in [6.07, 6.45) is 0.334. The first kappa shape index (κ1) is 17.4. The number of benzene rings is 2. The van der Waals surface area contributed by atoms with E-state index >= 15 is 0 Å². The summed E-state index contributed by atoms with van der Waals surface area (Å²) in [6.45, 7) is 1.81. The van der Waals surface area contributed by atoms with E-state index in [1.807, 2.05) is 0 Å². The van der Waals surface area contributed by atoms with Gasteiger partial charge in [-0.2, -0.15) is 0 Å². The number of halogens is 3. The fourth-order valence-electron chi connectivity index (χ4n) is 2.60. The Morgan fingerprint density at radius 1 is 1.04 bits per heavy atom. The van der Waals surface area contributed by atoms with Gasteiger partial charge in [-0.3, -0.25) is 9.59 Å². The third-order valence-electron chi connectivity index (χ3n) is 4.12. The lowest BCUT2D eigenvalue weighted by Gasteiger charge is -2.09. The van der Waals surface area contributed by atoms with Crippen molar-refractivity contribution in [1.82, 2.24) is 0 Å². The molecule has 130 valence electrons. The number of aryl methyl sites for hydroxylation is 1. The van der Waals surface area contributed by atoms with Gasteiger partial charge in [0.1, 0.15) is 17.3 Å². The maximum Gasteiger partial charge on any atom is 0.228 e. The summed E-state index contributed by atoms with van der Waals surface area (Å²) in [5.74, 6) is -3.72. The topological polar surface area (TPSA) is 58.2 Å². The highest BCUT2D eigenvalue weighted by Crippen LogP contribution is 2.40. The van der Waals surface area contributed by atoms with E-state index < -0.39 is 35.1 Å². The van der Waals surface area contributed by atoms with Crippen LogP contribution in [0.2, 0.25) is 5.02 Å². The van der Waals surface area contributed by atoms with Crippen LogP contribution >= 0.6 is 11.6 Å². The van der Waals surface area contributed by atoms with Crippen LogP contribution in [0.4, 0.5) is 20.2 Å². The molecule has 25 heavy (non-hydrogen) atoms. The summed E-state index contributed by atoms with van der Waals surface area (Å²) < 4.78 is 27.1.